The lowest BCUT2D eigenvalue weighted by molar-refractivity contribution is 0.423. The fourth-order valence-corrected chi connectivity index (χ4v) is 1.67. The molecule has 0 saturated heterocycles. The summed E-state index contributed by atoms with van der Waals surface area (Å²) in [6, 6.07) is 4.53. The smallest absolute Gasteiger partial charge is 0.236 e. The number of benzene rings is 1. The van der Waals surface area contributed by atoms with E-state index in [2.05, 4.69) is 41.8 Å². The number of halogens is 3. The van der Waals surface area contributed by atoms with Crippen molar-refractivity contribution in [2.45, 2.75) is 0 Å². The molecule has 2 rings (SSSR count). The molecule has 0 fully saturated rings. The van der Waals surface area contributed by atoms with Gasteiger partial charge in [0.15, 0.2) is 11.6 Å². The normalized spacial score (nSPS) is 10.2. The zero-order chi connectivity index (χ0) is 11.5. The van der Waals surface area contributed by atoms with E-state index >= 15 is 0 Å². The third-order valence-electron chi connectivity index (χ3n) is 1.73. The predicted octanol–water partition coefficient (Wildman–Crippen LogP) is 3.93. The van der Waals surface area contributed by atoms with Gasteiger partial charge in [0, 0.05) is 10.7 Å². The second-order valence-electron chi connectivity index (χ2n) is 2.85. The molecular formula is C10H5Br2FN2O. The van der Waals surface area contributed by atoms with Gasteiger partial charge >= 0.3 is 0 Å². The highest BCUT2D eigenvalue weighted by atomic mass is 79.9. The van der Waals surface area contributed by atoms with Gasteiger partial charge in [-0.1, -0.05) is 15.9 Å². The molecule has 16 heavy (non-hydrogen) atoms. The first-order valence-corrected chi connectivity index (χ1v) is 5.84. The van der Waals surface area contributed by atoms with Crippen LogP contribution in [0.1, 0.15) is 0 Å². The molecule has 0 radical (unpaired) electrons. The van der Waals surface area contributed by atoms with Gasteiger partial charge in [0.05, 0.1) is 4.47 Å². The molecule has 1 heterocycles. The third-order valence-corrected chi connectivity index (χ3v) is 2.77. The molecular weight excluding hydrogens is 343 g/mol. The molecule has 0 atom stereocenters. The second-order valence-corrected chi connectivity index (χ2v) is 4.62. The first-order chi connectivity index (χ1) is 7.66. The molecule has 82 valence electrons. The lowest BCUT2D eigenvalue weighted by Gasteiger charge is -2.06. The summed E-state index contributed by atoms with van der Waals surface area (Å²) in [6.07, 6.45) is 2.86. The van der Waals surface area contributed by atoms with Gasteiger partial charge in [0.2, 0.25) is 5.88 Å². The molecule has 0 N–H and O–H groups in total. The van der Waals surface area contributed by atoms with E-state index in [0.717, 1.165) is 0 Å². The van der Waals surface area contributed by atoms with Crippen LogP contribution in [0.15, 0.2) is 39.7 Å². The lowest BCUT2D eigenvalue weighted by atomic mass is 10.3. The molecule has 0 aliphatic heterocycles. The molecule has 1 aromatic carbocycles. The van der Waals surface area contributed by atoms with Crippen LogP contribution < -0.4 is 4.74 Å². The molecule has 3 nitrogen and oxygen atoms in total. The van der Waals surface area contributed by atoms with Crippen molar-refractivity contribution in [1.29, 1.82) is 0 Å². The van der Waals surface area contributed by atoms with E-state index in [1.54, 1.807) is 6.07 Å². The zero-order valence-electron chi connectivity index (χ0n) is 7.82. The SMILES string of the molecule is Fc1cc(Br)ccc1Oc1ncncc1Br. The summed E-state index contributed by atoms with van der Waals surface area (Å²) in [6.45, 7) is 0. The maximum absolute atomic E-state index is 13.5. The number of hydrogen-bond acceptors (Lipinski definition) is 3. The number of aromatic nitrogens is 2. The van der Waals surface area contributed by atoms with Crippen molar-refractivity contribution in [2.75, 3.05) is 0 Å². The van der Waals surface area contributed by atoms with Crippen LogP contribution in [0.4, 0.5) is 4.39 Å². The Balaban J connectivity index is 2.31. The minimum absolute atomic E-state index is 0.114. The van der Waals surface area contributed by atoms with Crippen molar-refractivity contribution in [1.82, 2.24) is 9.97 Å². The van der Waals surface area contributed by atoms with E-state index < -0.39 is 5.82 Å². The van der Waals surface area contributed by atoms with E-state index in [1.807, 2.05) is 0 Å². The molecule has 1 aromatic heterocycles. The minimum Gasteiger partial charge on any atom is -0.435 e. The number of ether oxygens (including phenoxy) is 1. The van der Waals surface area contributed by atoms with Crippen LogP contribution in [0.3, 0.4) is 0 Å². The van der Waals surface area contributed by atoms with Crippen LogP contribution in [0.2, 0.25) is 0 Å². The molecule has 0 spiro atoms. The quantitative estimate of drug-likeness (QED) is 0.825. The van der Waals surface area contributed by atoms with Gasteiger partial charge in [-0.2, -0.15) is 0 Å². The van der Waals surface area contributed by atoms with Gasteiger partial charge in [-0.25, -0.2) is 14.4 Å². The van der Waals surface area contributed by atoms with Crippen LogP contribution in [0.5, 0.6) is 11.6 Å². The molecule has 0 amide bonds. The number of hydrogen-bond donors (Lipinski definition) is 0. The van der Waals surface area contributed by atoms with Gasteiger partial charge in [-0.3, -0.25) is 0 Å². The van der Waals surface area contributed by atoms with Crippen LogP contribution >= 0.6 is 31.9 Å². The van der Waals surface area contributed by atoms with Crippen molar-refractivity contribution in [3.63, 3.8) is 0 Å². The Morgan fingerprint density at radius 3 is 2.75 bits per heavy atom. The summed E-state index contributed by atoms with van der Waals surface area (Å²) in [4.78, 5) is 7.66. The van der Waals surface area contributed by atoms with Crippen molar-refractivity contribution >= 4 is 31.9 Å². The molecule has 6 heteroatoms. The molecule has 0 bridgehead atoms. The first-order valence-electron chi connectivity index (χ1n) is 4.25. The number of rotatable bonds is 2. The standard InChI is InChI=1S/C10H5Br2FN2O/c11-6-1-2-9(8(13)3-6)16-10-7(12)4-14-5-15-10/h1-5H. The Morgan fingerprint density at radius 1 is 1.25 bits per heavy atom. The van der Waals surface area contributed by atoms with Crippen LogP contribution in [-0.2, 0) is 0 Å². The highest BCUT2D eigenvalue weighted by molar-refractivity contribution is 9.10. The van der Waals surface area contributed by atoms with Gasteiger partial charge < -0.3 is 4.74 Å². The molecule has 0 aliphatic rings. The largest absolute Gasteiger partial charge is 0.435 e. The maximum Gasteiger partial charge on any atom is 0.236 e. The van der Waals surface area contributed by atoms with Gasteiger partial charge in [-0.05, 0) is 34.1 Å². The monoisotopic (exact) mass is 346 g/mol. The fraction of sp³-hybridized carbons (Fsp3) is 0. The molecule has 0 aliphatic carbocycles. The highest BCUT2D eigenvalue weighted by Gasteiger charge is 2.08. The fourth-order valence-electron chi connectivity index (χ4n) is 1.04. The maximum atomic E-state index is 13.5. The van der Waals surface area contributed by atoms with Crippen molar-refractivity contribution < 1.29 is 9.13 Å². The van der Waals surface area contributed by atoms with E-state index in [9.17, 15) is 4.39 Å². The first kappa shape index (κ1) is 11.5. The Kier molecular flexibility index (Phi) is 3.50. The minimum atomic E-state index is -0.458. The third kappa shape index (κ3) is 2.56. The average molecular weight is 348 g/mol. The summed E-state index contributed by atoms with van der Waals surface area (Å²) >= 11 is 6.38. The van der Waals surface area contributed by atoms with E-state index in [0.29, 0.717) is 8.95 Å². The highest BCUT2D eigenvalue weighted by Crippen LogP contribution is 2.29. The molecule has 0 saturated carbocycles. The van der Waals surface area contributed by atoms with Crippen molar-refractivity contribution in [3.05, 3.63) is 45.5 Å². The summed E-state index contributed by atoms with van der Waals surface area (Å²) in [5, 5.41) is 0. The second kappa shape index (κ2) is 4.88. The van der Waals surface area contributed by atoms with Gasteiger partial charge in [0.25, 0.3) is 0 Å². The van der Waals surface area contributed by atoms with Crippen molar-refractivity contribution in [3.8, 4) is 11.6 Å². The topological polar surface area (TPSA) is 35.0 Å². The van der Waals surface area contributed by atoms with Crippen LogP contribution in [0.25, 0.3) is 0 Å². The Morgan fingerprint density at radius 2 is 2.06 bits per heavy atom. The van der Waals surface area contributed by atoms with Crippen molar-refractivity contribution in [2.24, 2.45) is 0 Å². The lowest BCUT2D eigenvalue weighted by Crippen LogP contribution is -1.92. The average Bonchev–Trinajstić information content (AvgIpc) is 2.25. The Labute approximate surface area is 108 Å². The summed E-state index contributed by atoms with van der Waals surface area (Å²) in [5.74, 6) is -0.0706. The van der Waals surface area contributed by atoms with E-state index in [-0.39, 0.29) is 11.6 Å². The van der Waals surface area contributed by atoms with Crippen LogP contribution in [0, 0.1) is 5.82 Å². The van der Waals surface area contributed by atoms with Gasteiger partial charge in [-0.15, -0.1) is 0 Å². The van der Waals surface area contributed by atoms with E-state index in [4.69, 9.17) is 4.74 Å². The summed E-state index contributed by atoms with van der Waals surface area (Å²) in [7, 11) is 0. The van der Waals surface area contributed by atoms with Gasteiger partial charge in [0.1, 0.15) is 6.33 Å². The predicted molar refractivity (Wildman–Crippen MR) is 63.9 cm³/mol. The van der Waals surface area contributed by atoms with E-state index in [1.165, 1.54) is 24.7 Å². The number of nitrogens with zero attached hydrogens (tertiary/aromatic N) is 2. The summed E-state index contributed by atoms with van der Waals surface area (Å²) < 4.78 is 20.0. The molecule has 2 aromatic rings. The van der Waals surface area contributed by atoms with Crippen LogP contribution in [-0.4, -0.2) is 9.97 Å². The summed E-state index contributed by atoms with van der Waals surface area (Å²) in [5.41, 5.74) is 0. The zero-order valence-corrected chi connectivity index (χ0v) is 11.0. The Hall–Kier alpha value is -1.01. The Bertz CT molecular complexity index is 522. The molecule has 0 unspecified atom stereocenters.